The molecule has 6 heteroatoms. The van der Waals surface area contributed by atoms with Crippen molar-refractivity contribution in [1.82, 2.24) is 0 Å². The van der Waals surface area contributed by atoms with Crippen LogP contribution >= 0.6 is 0 Å². The Labute approximate surface area is 61.4 Å². The Bertz CT molecular complexity index is 34.7. The summed E-state index contributed by atoms with van der Waals surface area (Å²) in [5.74, 6) is 0. The van der Waals surface area contributed by atoms with E-state index in [0.29, 0.717) is 0 Å². The summed E-state index contributed by atoms with van der Waals surface area (Å²) in [6, 6.07) is 0. The van der Waals surface area contributed by atoms with E-state index in [0.717, 1.165) is 0 Å². The summed E-state index contributed by atoms with van der Waals surface area (Å²) in [5.41, 5.74) is 0. The predicted molar refractivity (Wildman–Crippen MR) is 24.2 cm³/mol. The Kier molecular flexibility index (Phi) is 62.0. The van der Waals surface area contributed by atoms with Crippen molar-refractivity contribution in [1.29, 1.82) is 0 Å². The Morgan fingerprint density at radius 2 is 1.29 bits per heavy atom. The summed E-state index contributed by atoms with van der Waals surface area (Å²) in [4.78, 5) is 8.56. The van der Waals surface area contributed by atoms with Crippen molar-refractivity contribution < 1.29 is 37.6 Å². The molecule has 4 N–H and O–H groups in total. The molecule has 1 radical (unpaired) electrons. The van der Waals surface area contributed by atoms with Gasteiger partial charge >= 0.3 is 6.16 Å². The van der Waals surface area contributed by atoms with E-state index < -0.39 is 6.16 Å². The minimum absolute atomic E-state index is 0. The van der Waals surface area contributed by atoms with Gasteiger partial charge in [-0.2, -0.15) is 0 Å². The molecule has 0 atom stereocenters. The molecule has 0 bridgehead atoms. The second-order valence-electron chi connectivity index (χ2n) is 0.283. The normalized spacial score (nSPS) is 3.43. The fourth-order valence-corrected chi connectivity index (χ4v) is 0. The Hall–Kier alpha value is 0.282. The van der Waals surface area contributed by atoms with Crippen molar-refractivity contribution in [3.05, 3.63) is 0 Å². The fraction of sp³-hybridized carbons (Fsp3) is 0. The molecule has 0 fully saturated rings. The van der Waals surface area contributed by atoms with Gasteiger partial charge in [0, 0.05) is 17.1 Å². The van der Waals surface area contributed by atoms with Crippen molar-refractivity contribution in [2.75, 3.05) is 0 Å². The van der Waals surface area contributed by atoms with Gasteiger partial charge in [-0.1, -0.05) is 0 Å². The van der Waals surface area contributed by atoms with E-state index in [1.54, 1.807) is 0 Å². The molecule has 0 aliphatic carbocycles. The Morgan fingerprint density at radius 1 is 1.29 bits per heavy atom. The molecule has 4 nitrogen and oxygen atoms in total. The maximum Gasteiger partial charge on any atom is 0.503 e. The molecule has 0 heterocycles. The van der Waals surface area contributed by atoms with Crippen LogP contribution in [0.1, 0.15) is 0 Å². The van der Waals surface area contributed by atoms with Crippen molar-refractivity contribution in [2.24, 2.45) is 0 Å². The van der Waals surface area contributed by atoms with Gasteiger partial charge in [-0.3, -0.25) is 0 Å². The van der Waals surface area contributed by atoms with Gasteiger partial charge in [0.15, 0.2) is 17.4 Å². The van der Waals surface area contributed by atoms with E-state index in [2.05, 4.69) is 0 Å². The maximum absolute atomic E-state index is 8.56. The molecule has 0 saturated heterocycles. The molecular weight excluding hydrogens is 158 g/mol. The summed E-state index contributed by atoms with van der Waals surface area (Å²) in [6.45, 7) is 0. The minimum Gasteiger partial charge on any atom is -0.450 e. The van der Waals surface area contributed by atoms with Crippen LogP contribution in [0.25, 0.3) is 0 Å². The molecule has 0 aromatic carbocycles. The van der Waals surface area contributed by atoms with E-state index in [9.17, 15) is 0 Å². The molecule has 0 aliphatic heterocycles. The second-order valence-corrected chi connectivity index (χ2v) is 0.283. The zero-order valence-corrected chi connectivity index (χ0v) is 3.86. The summed E-state index contributed by atoms with van der Waals surface area (Å²) < 4.78 is 0. The molecular formula is CH7AlMnO4. The van der Waals surface area contributed by atoms with Crippen LogP contribution in [0.4, 0.5) is 4.79 Å². The van der Waals surface area contributed by atoms with Gasteiger partial charge in [-0.05, 0) is 0 Å². The summed E-state index contributed by atoms with van der Waals surface area (Å²) in [5, 5.41) is 13.9. The number of carboxylic acid groups (broad SMARTS) is 2. The molecule has 0 rings (SSSR count). The maximum atomic E-state index is 8.56. The van der Waals surface area contributed by atoms with Crippen molar-refractivity contribution >= 4 is 23.5 Å². The van der Waals surface area contributed by atoms with Crippen molar-refractivity contribution in [2.45, 2.75) is 0 Å². The van der Waals surface area contributed by atoms with E-state index in [4.69, 9.17) is 15.0 Å². The Balaban J connectivity index is -0.0000000150. The summed E-state index contributed by atoms with van der Waals surface area (Å²) >= 11 is 0. The first-order valence-electron chi connectivity index (χ1n) is 0.651. The van der Waals surface area contributed by atoms with Crippen molar-refractivity contribution in [3.8, 4) is 0 Å². The molecule has 0 spiro atoms. The summed E-state index contributed by atoms with van der Waals surface area (Å²) in [7, 11) is 0. The quantitative estimate of drug-likeness (QED) is 0.415. The third-order valence-electron chi connectivity index (χ3n) is 0. The fourth-order valence-electron chi connectivity index (χ4n) is 0. The molecule has 0 aromatic heterocycles. The van der Waals surface area contributed by atoms with Gasteiger partial charge in [0.05, 0.1) is 0 Å². The molecule has 0 aliphatic rings. The molecule has 45 valence electrons. The number of carbonyl (C=O) groups is 1. The first-order chi connectivity index (χ1) is 1.73. The standard InChI is InChI=1S/CH2O3.Al.Mn.H2O.3H/c2-1(3)4;;;;;;/h(H2,2,3,4);;;1H2;;;. The van der Waals surface area contributed by atoms with Gasteiger partial charge in [-0.15, -0.1) is 0 Å². The van der Waals surface area contributed by atoms with Crippen LogP contribution in [0.15, 0.2) is 0 Å². The predicted octanol–water partition coefficient (Wildman–Crippen LogP) is -1.79. The van der Waals surface area contributed by atoms with E-state index in [1.807, 2.05) is 0 Å². The number of hydrogen-bond donors (Lipinski definition) is 2. The third kappa shape index (κ3) is 1450. The zero-order chi connectivity index (χ0) is 3.58. The van der Waals surface area contributed by atoms with Gasteiger partial charge < -0.3 is 15.7 Å². The van der Waals surface area contributed by atoms with E-state index >= 15 is 0 Å². The minimum atomic E-state index is -1.83. The van der Waals surface area contributed by atoms with Crippen LogP contribution in [0.3, 0.4) is 0 Å². The molecule has 0 aromatic rings. The first kappa shape index (κ1) is 26.7. The van der Waals surface area contributed by atoms with Gasteiger partial charge in [0.1, 0.15) is 0 Å². The summed E-state index contributed by atoms with van der Waals surface area (Å²) in [6.07, 6.45) is -1.83. The number of rotatable bonds is 0. The van der Waals surface area contributed by atoms with Gasteiger partial charge in [0.2, 0.25) is 0 Å². The van der Waals surface area contributed by atoms with Crippen LogP contribution < -0.4 is 0 Å². The van der Waals surface area contributed by atoms with Crippen LogP contribution in [0, 0.1) is 0 Å². The zero-order valence-electron chi connectivity index (χ0n) is 2.68. The van der Waals surface area contributed by atoms with E-state index in [1.165, 1.54) is 0 Å². The largest absolute Gasteiger partial charge is 0.503 e. The third-order valence-corrected chi connectivity index (χ3v) is 0. The average molecular weight is 165 g/mol. The molecule has 0 unspecified atom stereocenters. The monoisotopic (exact) mass is 165 g/mol. The number of hydrogen-bond acceptors (Lipinski definition) is 1. The SMILES string of the molecule is O.O=C(O)O.[AlH3].[Mn]. The van der Waals surface area contributed by atoms with Crippen LogP contribution in [0.2, 0.25) is 0 Å². The van der Waals surface area contributed by atoms with Crippen LogP contribution in [-0.2, 0) is 17.1 Å². The van der Waals surface area contributed by atoms with Crippen LogP contribution in [0.5, 0.6) is 0 Å². The second kappa shape index (κ2) is 16.3. The smallest absolute Gasteiger partial charge is 0.450 e. The van der Waals surface area contributed by atoms with E-state index in [-0.39, 0.29) is 39.9 Å². The Morgan fingerprint density at radius 3 is 1.29 bits per heavy atom. The average Bonchev–Trinajstić information content (AvgIpc) is 0.811. The molecule has 0 saturated carbocycles. The van der Waals surface area contributed by atoms with Crippen LogP contribution in [-0.4, -0.2) is 39.2 Å². The first-order valence-corrected chi connectivity index (χ1v) is 0.651. The van der Waals surface area contributed by atoms with Gasteiger partial charge in [-0.25, -0.2) is 4.79 Å². The van der Waals surface area contributed by atoms with Crippen molar-refractivity contribution in [3.63, 3.8) is 0 Å². The van der Waals surface area contributed by atoms with Gasteiger partial charge in [0.25, 0.3) is 0 Å². The molecule has 0 amide bonds. The molecule has 7 heavy (non-hydrogen) atoms. The topological polar surface area (TPSA) is 89.0 Å².